The third-order valence-corrected chi connectivity index (χ3v) is 9.49. The van der Waals surface area contributed by atoms with Crippen molar-refractivity contribution in [3.63, 3.8) is 0 Å². The number of likely N-dealkylation sites (N-methyl/N-ethyl adjacent to an activating group) is 1. The molecule has 0 saturated heterocycles. The lowest BCUT2D eigenvalue weighted by Crippen LogP contribution is -2.37. The first kappa shape index (κ1) is 51.7. The molecule has 1 unspecified atom stereocenters. The summed E-state index contributed by atoms with van der Waals surface area (Å²) in [6.07, 6.45) is 42.5. The van der Waals surface area contributed by atoms with Crippen LogP contribution in [0.1, 0.15) is 155 Å². The minimum Gasteiger partial charge on any atom is -0.756 e. The van der Waals surface area contributed by atoms with Crippen LogP contribution in [0, 0.1) is 0 Å². The van der Waals surface area contributed by atoms with E-state index in [0.29, 0.717) is 23.9 Å². The molecule has 9 nitrogen and oxygen atoms in total. The van der Waals surface area contributed by atoms with Crippen LogP contribution in [0.4, 0.5) is 0 Å². The van der Waals surface area contributed by atoms with Gasteiger partial charge in [-0.1, -0.05) is 126 Å². The van der Waals surface area contributed by atoms with E-state index in [-0.39, 0.29) is 26.1 Å². The molecule has 312 valence electrons. The van der Waals surface area contributed by atoms with Crippen LogP contribution in [-0.4, -0.2) is 70.0 Å². The third-order valence-electron chi connectivity index (χ3n) is 8.52. The van der Waals surface area contributed by atoms with E-state index in [4.69, 9.17) is 18.5 Å². The number of hydrogen-bond acceptors (Lipinski definition) is 8. The fourth-order valence-corrected chi connectivity index (χ4v) is 5.96. The number of carbonyl (C=O) groups is 2. The Kier molecular flexibility index (Phi) is 34.8. The normalized spacial score (nSPS) is 14.3. The maximum atomic E-state index is 12.6. The SMILES string of the molecule is CC/C=C/C/C=C/C/C=C/C/C=C/CCCCC(=O)OC[C@H](COP(=O)([O-])OCC[N+](C)(C)C)OC(=O)CCCCCCCCC/C=C/CCCCCC. The molecular weight excluding hydrogens is 701 g/mol. The van der Waals surface area contributed by atoms with Crippen molar-refractivity contribution in [2.75, 3.05) is 47.5 Å². The molecule has 0 amide bonds. The molecule has 0 aliphatic heterocycles. The summed E-state index contributed by atoms with van der Waals surface area (Å²) in [6.45, 7) is 4.03. The number of phosphoric acid groups is 1. The number of carbonyl (C=O) groups excluding carboxylic acids is 2. The smallest absolute Gasteiger partial charge is 0.306 e. The van der Waals surface area contributed by atoms with E-state index in [0.717, 1.165) is 64.2 Å². The molecule has 0 saturated carbocycles. The molecule has 0 fully saturated rings. The Balaban J connectivity index is 4.47. The zero-order valence-corrected chi connectivity index (χ0v) is 35.8. The number of esters is 2. The van der Waals surface area contributed by atoms with Crippen molar-refractivity contribution in [1.29, 1.82) is 0 Å². The molecule has 0 aliphatic carbocycles. The van der Waals surface area contributed by atoms with E-state index in [1.165, 1.54) is 51.4 Å². The highest BCUT2D eigenvalue weighted by Crippen LogP contribution is 2.38. The predicted octanol–water partition coefficient (Wildman–Crippen LogP) is 11.1. The molecule has 0 spiro atoms. The number of allylic oxidation sites excluding steroid dienone is 10. The summed E-state index contributed by atoms with van der Waals surface area (Å²) in [7, 11) is 1.13. The molecule has 0 rings (SSSR count). The van der Waals surface area contributed by atoms with Gasteiger partial charge in [0.05, 0.1) is 27.7 Å². The second-order valence-electron chi connectivity index (χ2n) is 15.0. The highest BCUT2D eigenvalue weighted by atomic mass is 31.2. The maximum absolute atomic E-state index is 12.6. The van der Waals surface area contributed by atoms with Crippen LogP contribution in [0.3, 0.4) is 0 Å². The standard InChI is InChI=1S/C44H78NO8P/c1-6-8-10-12-14-16-18-20-22-24-26-28-30-32-34-36-43(46)50-40-42(41-52-54(48,49)51-39-38-45(3,4)5)53-44(47)37-35-33-31-29-27-25-23-21-19-17-15-13-11-9-7-2/h8,10,14,16-17,19-20,22,26,28,42H,6-7,9,11-13,15,18,21,23-25,27,29-41H2,1-5H3/b10-8+,16-14+,19-17+,22-20+,28-26+/t42-/m1/s1. The van der Waals surface area contributed by atoms with Gasteiger partial charge in [0, 0.05) is 12.8 Å². The van der Waals surface area contributed by atoms with Crippen molar-refractivity contribution < 1.29 is 42.1 Å². The number of phosphoric ester groups is 1. The summed E-state index contributed by atoms with van der Waals surface area (Å²) in [5, 5.41) is 0. The van der Waals surface area contributed by atoms with Crippen molar-refractivity contribution >= 4 is 19.8 Å². The topological polar surface area (TPSA) is 111 Å². The van der Waals surface area contributed by atoms with Gasteiger partial charge in [-0.3, -0.25) is 14.2 Å². The predicted molar refractivity (Wildman–Crippen MR) is 222 cm³/mol. The van der Waals surface area contributed by atoms with Gasteiger partial charge >= 0.3 is 11.9 Å². The van der Waals surface area contributed by atoms with Crippen LogP contribution < -0.4 is 4.89 Å². The minimum absolute atomic E-state index is 0.0408. The van der Waals surface area contributed by atoms with Crippen molar-refractivity contribution in [3.05, 3.63) is 60.8 Å². The number of nitrogens with zero attached hydrogens (tertiary/aromatic N) is 1. The molecule has 0 N–H and O–H groups in total. The molecule has 0 radical (unpaired) electrons. The third kappa shape index (κ3) is 39.4. The van der Waals surface area contributed by atoms with Crippen LogP contribution in [0.2, 0.25) is 0 Å². The second kappa shape index (κ2) is 36.4. The molecule has 0 aromatic rings. The highest BCUT2D eigenvalue weighted by molar-refractivity contribution is 7.45. The van der Waals surface area contributed by atoms with Gasteiger partial charge < -0.3 is 27.9 Å². The van der Waals surface area contributed by atoms with Crippen molar-refractivity contribution in [1.82, 2.24) is 0 Å². The van der Waals surface area contributed by atoms with E-state index in [2.05, 4.69) is 74.6 Å². The van der Waals surface area contributed by atoms with Crippen LogP contribution in [0.25, 0.3) is 0 Å². The van der Waals surface area contributed by atoms with Gasteiger partial charge in [0.1, 0.15) is 19.8 Å². The van der Waals surface area contributed by atoms with Crippen LogP contribution in [0.15, 0.2) is 60.8 Å². The van der Waals surface area contributed by atoms with Gasteiger partial charge in [-0.2, -0.15) is 0 Å². The van der Waals surface area contributed by atoms with Crippen LogP contribution in [-0.2, 0) is 32.7 Å². The van der Waals surface area contributed by atoms with Crippen LogP contribution >= 0.6 is 7.82 Å². The fraction of sp³-hybridized carbons (Fsp3) is 0.727. The molecule has 0 aromatic carbocycles. The molecule has 2 atom stereocenters. The number of unbranched alkanes of at least 4 members (excludes halogenated alkanes) is 13. The van der Waals surface area contributed by atoms with E-state index < -0.39 is 32.5 Å². The van der Waals surface area contributed by atoms with Gasteiger partial charge in [-0.25, -0.2) is 0 Å². The average molecular weight is 780 g/mol. The van der Waals surface area contributed by atoms with E-state index in [1.54, 1.807) is 0 Å². The quantitative estimate of drug-likeness (QED) is 0.0201. The monoisotopic (exact) mass is 780 g/mol. The van der Waals surface area contributed by atoms with Gasteiger partial charge in [0.2, 0.25) is 0 Å². The fourth-order valence-electron chi connectivity index (χ4n) is 5.23. The largest absolute Gasteiger partial charge is 0.756 e. The van der Waals surface area contributed by atoms with Gasteiger partial charge in [-0.05, 0) is 77.0 Å². The number of rotatable bonds is 37. The summed E-state index contributed by atoms with van der Waals surface area (Å²) >= 11 is 0. The lowest BCUT2D eigenvalue weighted by atomic mass is 10.1. The van der Waals surface area contributed by atoms with Crippen molar-refractivity contribution in [2.24, 2.45) is 0 Å². The molecule has 0 heterocycles. The van der Waals surface area contributed by atoms with Gasteiger partial charge in [-0.15, -0.1) is 0 Å². The number of ether oxygens (including phenoxy) is 2. The lowest BCUT2D eigenvalue weighted by molar-refractivity contribution is -0.870. The van der Waals surface area contributed by atoms with Crippen molar-refractivity contribution in [3.8, 4) is 0 Å². The molecule has 54 heavy (non-hydrogen) atoms. The van der Waals surface area contributed by atoms with Crippen LogP contribution in [0.5, 0.6) is 0 Å². The van der Waals surface area contributed by atoms with Gasteiger partial charge in [0.25, 0.3) is 7.82 Å². The zero-order chi connectivity index (χ0) is 40.0. The summed E-state index contributed by atoms with van der Waals surface area (Å²) in [6, 6.07) is 0. The number of hydrogen-bond donors (Lipinski definition) is 0. The van der Waals surface area contributed by atoms with Crippen molar-refractivity contribution in [2.45, 2.75) is 161 Å². The van der Waals surface area contributed by atoms with E-state index in [9.17, 15) is 19.0 Å². The zero-order valence-electron chi connectivity index (χ0n) is 34.9. The Morgan fingerprint density at radius 2 is 1.06 bits per heavy atom. The van der Waals surface area contributed by atoms with E-state index >= 15 is 0 Å². The second-order valence-corrected chi connectivity index (χ2v) is 16.4. The molecule has 0 aromatic heterocycles. The number of quaternary nitrogens is 1. The molecule has 0 bridgehead atoms. The maximum Gasteiger partial charge on any atom is 0.306 e. The minimum atomic E-state index is -4.63. The summed E-state index contributed by atoms with van der Waals surface area (Å²) in [5.41, 5.74) is 0. The summed E-state index contributed by atoms with van der Waals surface area (Å²) in [5.74, 6) is -0.894. The Labute approximate surface area is 330 Å². The molecule has 10 heteroatoms. The Bertz CT molecular complexity index is 1110. The Morgan fingerprint density at radius 1 is 0.593 bits per heavy atom. The highest BCUT2D eigenvalue weighted by Gasteiger charge is 2.21. The lowest BCUT2D eigenvalue weighted by Gasteiger charge is -2.28. The van der Waals surface area contributed by atoms with E-state index in [1.807, 2.05) is 21.1 Å². The summed E-state index contributed by atoms with van der Waals surface area (Å²) in [4.78, 5) is 37.4. The first-order valence-corrected chi connectivity index (χ1v) is 22.5. The first-order valence-electron chi connectivity index (χ1n) is 21.0. The Hall–Kier alpha value is -2.29. The Morgan fingerprint density at radius 3 is 1.63 bits per heavy atom. The average Bonchev–Trinajstić information content (AvgIpc) is 3.12. The molecule has 0 aliphatic rings. The molecular formula is C44H78NO8P. The summed E-state index contributed by atoms with van der Waals surface area (Å²) < 4.78 is 33.8. The first-order chi connectivity index (χ1) is 26.0. The van der Waals surface area contributed by atoms with Gasteiger partial charge in [0.15, 0.2) is 6.10 Å².